The summed E-state index contributed by atoms with van der Waals surface area (Å²) in [5, 5.41) is 21.1. The lowest BCUT2D eigenvalue weighted by molar-refractivity contribution is -0.142. The van der Waals surface area contributed by atoms with Crippen LogP contribution in [0.25, 0.3) is 0 Å². The molecule has 4 nitrogen and oxygen atoms in total. The van der Waals surface area contributed by atoms with Gasteiger partial charge in [0.25, 0.3) is 6.92 Å². The Morgan fingerprint density at radius 2 is 2.29 bits per heavy atom. The first-order valence-electron chi connectivity index (χ1n) is 5.23. The third kappa shape index (κ3) is 3.31. The lowest BCUT2D eigenvalue weighted by Crippen LogP contribution is -2.22. The molecule has 14 heavy (non-hydrogen) atoms. The standard InChI is InChI=1S/C9H18BNO3/c1-10(14)4-2-3-7-5-11-6-8(7)9(12)13/h7-8,11,14H,2-6H2,1H3,(H,12,13). The molecule has 0 spiro atoms. The van der Waals surface area contributed by atoms with Crippen LogP contribution in [0.3, 0.4) is 0 Å². The molecule has 0 aliphatic carbocycles. The minimum absolute atomic E-state index is 0.232. The Labute approximate surface area is 84.8 Å². The molecular formula is C9H18BNO3. The van der Waals surface area contributed by atoms with Crippen molar-refractivity contribution < 1.29 is 14.9 Å². The van der Waals surface area contributed by atoms with Gasteiger partial charge in [-0.15, -0.1) is 0 Å². The highest BCUT2D eigenvalue weighted by atomic mass is 16.4. The van der Waals surface area contributed by atoms with Crippen molar-refractivity contribution in [3.8, 4) is 0 Å². The molecule has 0 amide bonds. The predicted molar refractivity (Wildman–Crippen MR) is 55.4 cm³/mol. The summed E-state index contributed by atoms with van der Waals surface area (Å²) in [5.41, 5.74) is 0. The largest absolute Gasteiger partial charge is 0.481 e. The van der Waals surface area contributed by atoms with Gasteiger partial charge in [-0.3, -0.25) is 4.79 Å². The monoisotopic (exact) mass is 199 g/mol. The molecule has 0 bridgehead atoms. The van der Waals surface area contributed by atoms with Gasteiger partial charge in [0.15, 0.2) is 0 Å². The molecule has 1 aliphatic rings. The first kappa shape index (κ1) is 11.5. The number of rotatable bonds is 5. The summed E-state index contributed by atoms with van der Waals surface area (Å²) in [6, 6.07) is 0. The number of aliphatic carboxylic acids is 1. The molecule has 2 atom stereocenters. The van der Waals surface area contributed by atoms with E-state index in [0.29, 0.717) is 6.54 Å². The van der Waals surface area contributed by atoms with Gasteiger partial charge in [-0.1, -0.05) is 13.2 Å². The van der Waals surface area contributed by atoms with Crippen molar-refractivity contribution in [2.75, 3.05) is 13.1 Å². The van der Waals surface area contributed by atoms with Crippen molar-refractivity contribution in [3.05, 3.63) is 0 Å². The Balaban J connectivity index is 2.26. The minimum atomic E-state index is -0.697. The molecule has 0 aromatic heterocycles. The highest BCUT2D eigenvalue weighted by Gasteiger charge is 2.32. The van der Waals surface area contributed by atoms with E-state index in [-0.39, 0.29) is 18.8 Å². The van der Waals surface area contributed by atoms with E-state index in [2.05, 4.69) is 5.32 Å². The zero-order valence-corrected chi connectivity index (χ0v) is 8.57. The normalized spacial score (nSPS) is 26.4. The molecule has 5 heteroatoms. The SMILES string of the molecule is CB(O)CCCC1CNCC1C(=O)O. The number of hydrogen-bond acceptors (Lipinski definition) is 3. The summed E-state index contributed by atoms with van der Waals surface area (Å²) >= 11 is 0. The highest BCUT2D eigenvalue weighted by molar-refractivity contribution is 6.48. The fourth-order valence-corrected chi connectivity index (χ4v) is 2.00. The zero-order valence-electron chi connectivity index (χ0n) is 8.57. The van der Waals surface area contributed by atoms with Crippen LogP contribution in [0.5, 0.6) is 0 Å². The molecule has 2 unspecified atom stereocenters. The van der Waals surface area contributed by atoms with E-state index >= 15 is 0 Å². The van der Waals surface area contributed by atoms with Gasteiger partial charge >= 0.3 is 5.97 Å². The van der Waals surface area contributed by atoms with Crippen LogP contribution in [0.2, 0.25) is 13.1 Å². The summed E-state index contributed by atoms with van der Waals surface area (Å²) in [6.07, 6.45) is 2.57. The maximum atomic E-state index is 10.8. The van der Waals surface area contributed by atoms with Crippen LogP contribution >= 0.6 is 0 Å². The van der Waals surface area contributed by atoms with Gasteiger partial charge in [-0.05, 0) is 25.2 Å². The Kier molecular flexibility index (Phi) is 4.42. The van der Waals surface area contributed by atoms with Crippen molar-refractivity contribution in [1.29, 1.82) is 0 Å². The van der Waals surface area contributed by atoms with Crippen LogP contribution in [0.4, 0.5) is 0 Å². The average molecular weight is 199 g/mol. The third-order valence-electron chi connectivity index (χ3n) is 2.85. The van der Waals surface area contributed by atoms with E-state index in [1.165, 1.54) is 0 Å². The molecule has 1 aliphatic heterocycles. The first-order valence-corrected chi connectivity index (χ1v) is 5.23. The van der Waals surface area contributed by atoms with Gasteiger partial charge < -0.3 is 15.4 Å². The average Bonchev–Trinajstić information content (AvgIpc) is 2.51. The molecule has 1 fully saturated rings. The fraction of sp³-hybridized carbons (Fsp3) is 0.889. The number of carboxylic acid groups (broad SMARTS) is 1. The Hall–Kier alpha value is -0.545. The van der Waals surface area contributed by atoms with Gasteiger partial charge in [0.05, 0.1) is 5.92 Å². The van der Waals surface area contributed by atoms with E-state index in [1.54, 1.807) is 6.82 Å². The number of carbonyl (C=O) groups is 1. The Morgan fingerprint density at radius 3 is 2.86 bits per heavy atom. The van der Waals surface area contributed by atoms with E-state index < -0.39 is 5.97 Å². The fourth-order valence-electron chi connectivity index (χ4n) is 2.00. The summed E-state index contributed by atoms with van der Waals surface area (Å²) in [5.74, 6) is -0.688. The van der Waals surface area contributed by atoms with E-state index in [9.17, 15) is 4.79 Å². The number of hydrogen-bond donors (Lipinski definition) is 3. The maximum Gasteiger partial charge on any atom is 0.308 e. The second kappa shape index (κ2) is 5.36. The summed E-state index contributed by atoms with van der Waals surface area (Å²) in [6.45, 7) is 2.89. The molecule has 0 saturated carbocycles. The van der Waals surface area contributed by atoms with Gasteiger partial charge in [0.1, 0.15) is 0 Å². The molecular weight excluding hydrogens is 181 g/mol. The van der Waals surface area contributed by atoms with E-state index in [0.717, 1.165) is 25.7 Å². The summed E-state index contributed by atoms with van der Waals surface area (Å²) in [4.78, 5) is 10.8. The van der Waals surface area contributed by atoms with Crippen LogP contribution < -0.4 is 5.32 Å². The van der Waals surface area contributed by atoms with Crippen molar-refractivity contribution in [1.82, 2.24) is 5.32 Å². The highest BCUT2D eigenvalue weighted by Crippen LogP contribution is 2.22. The Bertz CT molecular complexity index is 198. The minimum Gasteiger partial charge on any atom is -0.481 e. The lowest BCUT2D eigenvalue weighted by atomic mass is 9.66. The number of nitrogens with one attached hydrogen (secondary N) is 1. The molecule has 0 aromatic carbocycles. The molecule has 1 rings (SSSR count). The van der Waals surface area contributed by atoms with Crippen molar-refractivity contribution in [3.63, 3.8) is 0 Å². The van der Waals surface area contributed by atoms with Gasteiger partial charge in [-0.25, -0.2) is 0 Å². The molecule has 3 N–H and O–H groups in total. The molecule has 80 valence electrons. The molecule has 0 aromatic rings. The van der Waals surface area contributed by atoms with Crippen molar-refractivity contribution in [2.45, 2.75) is 26.0 Å². The molecule has 1 heterocycles. The molecule has 1 saturated heterocycles. The number of carboxylic acids is 1. The lowest BCUT2D eigenvalue weighted by Gasteiger charge is -2.13. The quantitative estimate of drug-likeness (QED) is 0.557. The van der Waals surface area contributed by atoms with E-state index in [1.807, 2.05) is 0 Å². The third-order valence-corrected chi connectivity index (χ3v) is 2.85. The van der Waals surface area contributed by atoms with Gasteiger partial charge in [0.2, 0.25) is 0 Å². The van der Waals surface area contributed by atoms with Crippen LogP contribution in [0.1, 0.15) is 12.8 Å². The van der Waals surface area contributed by atoms with Crippen LogP contribution in [-0.2, 0) is 4.79 Å². The van der Waals surface area contributed by atoms with Crippen molar-refractivity contribution in [2.24, 2.45) is 11.8 Å². The van der Waals surface area contributed by atoms with Crippen LogP contribution in [-0.4, -0.2) is 36.1 Å². The smallest absolute Gasteiger partial charge is 0.308 e. The Morgan fingerprint density at radius 1 is 1.57 bits per heavy atom. The second-order valence-electron chi connectivity index (χ2n) is 4.14. The maximum absolute atomic E-state index is 10.8. The summed E-state index contributed by atoms with van der Waals surface area (Å²) < 4.78 is 0. The summed E-state index contributed by atoms with van der Waals surface area (Å²) in [7, 11) is 0. The van der Waals surface area contributed by atoms with Gasteiger partial charge in [-0.2, -0.15) is 0 Å². The van der Waals surface area contributed by atoms with E-state index in [4.69, 9.17) is 10.1 Å². The van der Waals surface area contributed by atoms with Crippen molar-refractivity contribution >= 4 is 12.9 Å². The van der Waals surface area contributed by atoms with Crippen LogP contribution in [0, 0.1) is 11.8 Å². The first-order chi connectivity index (χ1) is 6.61. The molecule has 0 radical (unpaired) electrons. The van der Waals surface area contributed by atoms with Crippen LogP contribution in [0.15, 0.2) is 0 Å². The second-order valence-corrected chi connectivity index (χ2v) is 4.14. The van der Waals surface area contributed by atoms with Gasteiger partial charge in [0, 0.05) is 6.54 Å². The topological polar surface area (TPSA) is 69.6 Å². The predicted octanol–water partition coefficient (Wildman–Crippen LogP) is 0.300. The zero-order chi connectivity index (χ0) is 10.6.